The van der Waals surface area contributed by atoms with E-state index in [0.717, 1.165) is 27.8 Å². The molecule has 0 unspecified atom stereocenters. The van der Waals surface area contributed by atoms with Crippen LogP contribution in [0.3, 0.4) is 0 Å². The highest BCUT2D eigenvalue weighted by Gasteiger charge is 2.30. The Kier molecular flexibility index (Phi) is 8.25. The molecule has 1 N–H and O–H groups in total. The first-order valence-corrected chi connectivity index (χ1v) is 11.2. The first-order valence-electron chi connectivity index (χ1n) is 11.2. The van der Waals surface area contributed by atoms with Crippen molar-refractivity contribution in [1.29, 1.82) is 0 Å². The van der Waals surface area contributed by atoms with Crippen LogP contribution in [-0.2, 0) is 22.6 Å². The van der Waals surface area contributed by atoms with Gasteiger partial charge in [-0.3, -0.25) is 9.59 Å². The topological polar surface area (TPSA) is 58.6 Å². The molecule has 0 aromatic heterocycles. The summed E-state index contributed by atoms with van der Waals surface area (Å²) >= 11 is 0. The van der Waals surface area contributed by atoms with Crippen LogP contribution in [0, 0.1) is 20.8 Å². The summed E-state index contributed by atoms with van der Waals surface area (Å²) in [6.45, 7) is 6.14. The molecule has 0 aliphatic carbocycles. The molecule has 1 atom stereocenters. The number of carbonyl (C=O) groups is 2. The second-order valence-electron chi connectivity index (χ2n) is 8.38. The largest absolute Gasteiger partial charge is 0.483 e. The van der Waals surface area contributed by atoms with Gasteiger partial charge in [0.15, 0.2) is 6.61 Å². The van der Waals surface area contributed by atoms with E-state index in [9.17, 15) is 9.59 Å². The average molecular weight is 445 g/mol. The smallest absolute Gasteiger partial charge is 0.261 e. The highest BCUT2D eigenvalue weighted by Crippen LogP contribution is 2.20. The van der Waals surface area contributed by atoms with E-state index in [1.54, 1.807) is 11.9 Å². The normalized spacial score (nSPS) is 11.5. The Morgan fingerprint density at radius 1 is 0.879 bits per heavy atom. The Hall–Kier alpha value is -3.60. The first-order chi connectivity index (χ1) is 15.9. The summed E-state index contributed by atoms with van der Waals surface area (Å²) in [5.74, 6) is 0.241. The maximum Gasteiger partial charge on any atom is 0.261 e. The van der Waals surface area contributed by atoms with Gasteiger partial charge in [-0.1, -0.05) is 72.3 Å². The van der Waals surface area contributed by atoms with Crippen molar-refractivity contribution in [2.24, 2.45) is 0 Å². The number of aryl methyl sites for hydroxylation is 3. The van der Waals surface area contributed by atoms with Crippen molar-refractivity contribution in [3.63, 3.8) is 0 Å². The van der Waals surface area contributed by atoms with Gasteiger partial charge >= 0.3 is 0 Å². The number of carbonyl (C=O) groups excluding carboxylic acids is 2. The fourth-order valence-electron chi connectivity index (χ4n) is 3.70. The number of amides is 2. The number of nitrogens with one attached hydrogen (secondary N) is 1. The molecule has 0 saturated heterocycles. The number of hydrogen-bond donors (Lipinski definition) is 1. The molecule has 3 rings (SSSR count). The molecule has 0 heterocycles. The summed E-state index contributed by atoms with van der Waals surface area (Å²) in [7, 11) is 1.60. The zero-order valence-corrected chi connectivity index (χ0v) is 19.8. The van der Waals surface area contributed by atoms with Gasteiger partial charge < -0.3 is 15.0 Å². The Morgan fingerprint density at radius 2 is 1.55 bits per heavy atom. The van der Waals surface area contributed by atoms with E-state index < -0.39 is 6.04 Å². The Labute approximate surface area is 196 Å². The summed E-state index contributed by atoms with van der Waals surface area (Å²) in [5, 5.41) is 2.73. The third-order valence-electron chi connectivity index (χ3n) is 5.69. The predicted molar refractivity (Wildman–Crippen MR) is 131 cm³/mol. The highest BCUT2D eigenvalue weighted by atomic mass is 16.5. The van der Waals surface area contributed by atoms with Gasteiger partial charge in [-0.2, -0.15) is 0 Å². The fourth-order valence-corrected chi connectivity index (χ4v) is 3.70. The van der Waals surface area contributed by atoms with Crippen LogP contribution >= 0.6 is 0 Å². The number of nitrogens with zero attached hydrogens (tertiary/aromatic N) is 1. The summed E-state index contributed by atoms with van der Waals surface area (Å²) < 4.78 is 5.91. The van der Waals surface area contributed by atoms with Crippen LogP contribution in [0.5, 0.6) is 5.75 Å². The van der Waals surface area contributed by atoms with Crippen molar-refractivity contribution in [3.8, 4) is 5.75 Å². The lowest BCUT2D eigenvalue weighted by Crippen LogP contribution is -2.51. The van der Waals surface area contributed by atoms with E-state index in [2.05, 4.69) is 5.32 Å². The fraction of sp³-hybridized carbons (Fsp3) is 0.286. The van der Waals surface area contributed by atoms with Gasteiger partial charge in [-0.05, 0) is 49.1 Å². The molecule has 3 aromatic carbocycles. The molecule has 2 amide bonds. The molecule has 0 fully saturated rings. The van der Waals surface area contributed by atoms with Crippen molar-refractivity contribution >= 4 is 11.8 Å². The minimum absolute atomic E-state index is 0.140. The maximum atomic E-state index is 13.5. The summed E-state index contributed by atoms with van der Waals surface area (Å²) in [6.07, 6.45) is 0.418. The Bertz CT molecular complexity index is 1080. The molecular formula is C28H32N2O3. The van der Waals surface area contributed by atoms with Crippen molar-refractivity contribution in [3.05, 3.63) is 101 Å². The molecular weight excluding hydrogens is 412 g/mol. The van der Waals surface area contributed by atoms with Crippen molar-refractivity contribution in [2.75, 3.05) is 13.7 Å². The SMILES string of the molecule is CNC(=O)[C@@H](Cc1ccccc1)N(Cc1ccc(C)cc1)C(=O)COc1cc(C)ccc1C. The lowest BCUT2D eigenvalue weighted by molar-refractivity contribution is -0.142. The Balaban J connectivity index is 1.88. The average Bonchev–Trinajstić information content (AvgIpc) is 2.83. The third-order valence-corrected chi connectivity index (χ3v) is 5.69. The first kappa shape index (κ1) is 24.1. The molecule has 0 aliphatic heterocycles. The van der Waals surface area contributed by atoms with Crippen LogP contribution in [0.15, 0.2) is 72.8 Å². The van der Waals surface area contributed by atoms with E-state index in [1.165, 1.54) is 0 Å². The van der Waals surface area contributed by atoms with Gasteiger partial charge in [-0.25, -0.2) is 0 Å². The van der Waals surface area contributed by atoms with Gasteiger partial charge in [0, 0.05) is 20.0 Å². The molecule has 33 heavy (non-hydrogen) atoms. The molecule has 5 nitrogen and oxygen atoms in total. The van der Waals surface area contributed by atoms with Crippen LogP contribution < -0.4 is 10.1 Å². The number of ether oxygens (including phenoxy) is 1. The highest BCUT2D eigenvalue weighted by molar-refractivity contribution is 5.88. The van der Waals surface area contributed by atoms with E-state index in [1.807, 2.05) is 93.6 Å². The van der Waals surface area contributed by atoms with E-state index in [-0.39, 0.29) is 18.4 Å². The number of hydrogen-bond acceptors (Lipinski definition) is 3. The monoisotopic (exact) mass is 444 g/mol. The number of rotatable bonds is 9. The molecule has 0 spiro atoms. The summed E-state index contributed by atoms with van der Waals surface area (Å²) in [6, 6.07) is 23.0. The van der Waals surface area contributed by atoms with Crippen molar-refractivity contribution < 1.29 is 14.3 Å². The standard InChI is InChI=1S/C28H32N2O3/c1-20-11-14-24(15-12-20)18-30(25(28(32)29-4)17-23-8-6-5-7-9-23)27(31)19-33-26-16-21(2)10-13-22(26)3/h5-16,25H,17-19H2,1-4H3,(H,29,32)/t25-/m1/s1. The quantitative estimate of drug-likeness (QED) is 0.533. The molecule has 5 heteroatoms. The molecule has 0 saturated carbocycles. The zero-order valence-electron chi connectivity index (χ0n) is 19.8. The van der Waals surface area contributed by atoms with E-state index >= 15 is 0 Å². The van der Waals surface area contributed by atoms with Gasteiger partial charge in [0.05, 0.1) is 0 Å². The van der Waals surface area contributed by atoms with Crippen LogP contribution in [0.2, 0.25) is 0 Å². The molecule has 3 aromatic rings. The summed E-state index contributed by atoms with van der Waals surface area (Å²) in [4.78, 5) is 28.0. The van der Waals surface area contributed by atoms with Gasteiger partial charge in [-0.15, -0.1) is 0 Å². The van der Waals surface area contributed by atoms with E-state index in [0.29, 0.717) is 18.7 Å². The molecule has 0 bridgehead atoms. The molecule has 0 aliphatic rings. The minimum atomic E-state index is -0.659. The van der Waals surface area contributed by atoms with Gasteiger partial charge in [0.25, 0.3) is 5.91 Å². The number of likely N-dealkylation sites (N-methyl/N-ethyl adjacent to an activating group) is 1. The van der Waals surface area contributed by atoms with Crippen LogP contribution in [0.1, 0.15) is 27.8 Å². The van der Waals surface area contributed by atoms with Gasteiger partial charge in [0.2, 0.25) is 5.91 Å². The molecule has 0 radical (unpaired) electrons. The van der Waals surface area contributed by atoms with Crippen LogP contribution in [0.4, 0.5) is 0 Å². The van der Waals surface area contributed by atoms with Crippen molar-refractivity contribution in [2.45, 2.75) is 39.8 Å². The Morgan fingerprint density at radius 3 is 2.21 bits per heavy atom. The van der Waals surface area contributed by atoms with Crippen molar-refractivity contribution in [1.82, 2.24) is 10.2 Å². The third kappa shape index (κ3) is 6.69. The predicted octanol–water partition coefficient (Wildman–Crippen LogP) is 4.38. The second-order valence-corrected chi connectivity index (χ2v) is 8.38. The maximum absolute atomic E-state index is 13.5. The summed E-state index contributed by atoms with van der Waals surface area (Å²) in [5.41, 5.74) is 5.12. The lowest BCUT2D eigenvalue weighted by Gasteiger charge is -2.31. The second kappa shape index (κ2) is 11.3. The molecule has 172 valence electrons. The van der Waals surface area contributed by atoms with Crippen LogP contribution in [0.25, 0.3) is 0 Å². The van der Waals surface area contributed by atoms with E-state index in [4.69, 9.17) is 4.74 Å². The lowest BCUT2D eigenvalue weighted by atomic mass is 10.0. The van der Waals surface area contributed by atoms with Gasteiger partial charge in [0.1, 0.15) is 11.8 Å². The zero-order chi connectivity index (χ0) is 23.8. The number of benzene rings is 3. The van der Waals surface area contributed by atoms with Crippen LogP contribution in [-0.4, -0.2) is 36.4 Å². The minimum Gasteiger partial charge on any atom is -0.483 e.